The second kappa shape index (κ2) is 5.36. The van der Waals surface area contributed by atoms with Gasteiger partial charge in [0.25, 0.3) is 0 Å². The molecule has 0 saturated heterocycles. The van der Waals surface area contributed by atoms with Crippen molar-refractivity contribution >= 4 is 0 Å². The Morgan fingerprint density at radius 2 is 1.50 bits per heavy atom. The Balaban J connectivity index is 4.58. The van der Waals surface area contributed by atoms with Crippen LogP contribution in [0.25, 0.3) is 0 Å². The summed E-state index contributed by atoms with van der Waals surface area (Å²) >= 11 is 0. The summed E-state index contributed by atoms with van der Waals surface area (Å²) in [5.74, 6) is -0.0815. The van der Waals surface area contributed by atoms with Gasteiger partial charge < -0.3 is 5.11 Å². The van der Waals surface area contributed by atoms with E-state index in [0.29, 0.717) is 0 Å². The van der Waals surface area contributed by atoms with E-state index >= 15 is 0 Å². The summed E-state index contributed by atoms with van der Waals surface area (Å²) in [6, 6.07) is -0.244. The highest BCUT2D eigenvalue weighted by molar-refractivity contribution is 4.83. The molecule has 0 aromatic rings. The highest BCUT2D eigenvalue weighted by atomic mass is 19.4. The molecular weight excluding hydrogens is 219 g/mol. The zero-order chi connectivity index (χ0) is 13.1. The van der Waals surface area contributed by atoms with Gasteiger partial charge in [0.05, 0.1) is 12.1 Å². The molecule has 1 atom stereocenters. The molecule has 0 saturated carbocycles. The van der Waals surface area contributed by atoms with Crippen molar-refractivity contribution in [1.29, 1.82) is 0 Å². The van der Waals surface area contributed by atoms with E-state index in [0.717, 1.165) is 0 Å². The summed E-state index contributed by atoms with van der Waals surface area (Å²) in [5.41, 5.74) is -1.10. The molecule has 0 aliphatic carbocycles. The van der Waals surface area contributed by atoms with E-state index in [4.69, 9.17) is 0 Å². The van der Waals surface area contributed by atoms with E-state index in [1.807, 2.05) is 0 Å². The molecule has 0 aliphatic rings. The van der Waals surface area contributed by atoms with Crippen LogP contribution in [-0.2, 0) is 0 Å². The molecule has 0 spiro atoms. The van der Waals surface area contributed by atoms with Gasteiger partial charge in [-0.15, -0.1) is 0 Å². The summed E-state index contributed by atoms with van der Waals surface area (Å²) in [6.07, 6.45) is -4.22. The minimum absolute atomic E-state index is 0.0296. The van der Waals surface area contributed by atoms with Crippen LogP contribution in [0.3, 0.4) is 0 Å². The molecule has 98 valence electrons. The average molecular weight is 241 g/mol. The third-order valence-corrected chi connectivity index (χ3v) is 2.88. The number of rotatable bonds is 5. The van der Waals surface area contributed by atoms with Crippen molar-refractivity contribution in [2.75, 3.05) is 13.1 Å². The molecule has 0 heterocycles. The zero-order valence-corrected chi connectivity index (χ0v) is 10.6. The lowest BCUT2D eigenvalue weighted by Gasteiger charge is -2.36. The molecule has 1 N–H and O–H groups in total. The summed E-state index contributed by atoms with van der Waals surface area (Å²) in [6.45, 7) is 7.61. The Hall–Kier alpha value is -0.290. The van der Waals surface area contributed by atoms with Crippen molar-refractivity contribution < 1.29 is 18.3 Å². The van der Waals surface area contributed by atoms with Crippen LogP contribution in [0.5, 0.6) is 0 Å². The molecule has 0 fully saturated rings. The van der Waals surface area contributed by atoms with Gasteiger partial charge in [0.2, 0.25) is 0 Å². The van der Waals surface area contributed by atoms with E-state index in [1.54, 1.807) is 34.6 Å². The fourth-order valence-corrected chi connectivity index (χ4v) is 1.25. The molecule has 0 radical (unpaired) electrons. The highest BCUT2D eigenvalue weighted by Gasteiger charge is 2.36. The summed E-state index contributed by atoms with van der Waals surface area (Å²) in [5, 5.41) is 10.00. The molecule has 0 rings (SSSR count). The Kier molecular flexibility index (Phi) is 5.26. The van der Waals surface area contributed by atoms with E-state index in [9.17, 15) is 18.3 Å². The standard InChI is InChI=1S/C11H22F3NO/c1-8(2)10(5,16)6-15(9(3)4)7-11(12,13)14/h8-9,16H,6-7H2,1-5H3. The first kappa shape index (κ1) is 15.7. The second-order valence-corrected chi connectivity index (χ2v) is 5.13. The van der Waals surface area contributed by atoms with Crippen LogP contribution in [0.1, 0.15) is 34.6 Å². The van der Waals surface area contributed by atoms with Gasteiger partial charge in [-0.1, -0.05) is 13.8 Å². The summed E-state index contributed by atoms with van der Waals surface area (Å²) in [7, 11) is 0. The fraction of sp³-hybridized carbons (Fsp3) is 1.00. The van der Waals surface area contributed by atoms with Crippen LogP contribution in [0.4, 0.5) is 13.2 Å². The van der Waals surface area contributed by atoms with Crippen molar-refractivity contribution in [3.05, 3.63) is 0 Å². The monoisotopic (exact) mass is 241 g/mol. The highest BCUT2D eigenvalue weighted by Crippen LogP contribution is 2.23. The van der Waals surface area contributed by atoms with E-state index < -0.39 is 18.3 Å². The fourth-order valence-electron chi connectivity index (χ4n) is 1.25. The van der Waals surface area contributed by atoms with Gasteiger partial charge in [0.15, 0.2) is 0 Å². The van der Waals surface area contributed by atoms with Crippen LogP contribution >= 0.6 is 0 Å². The third-order valence-electron chi connectivity index (χ3n) is 2.88. The average Bonchev–Trinajstić information content (AvgIpc) is 1.99. The molecule has 0 aromatic heterocycles. The Labute approximate surface area is 95.4 Å². The first-order valence-electron chi connectivity index (χ1n) is 5.49. The van der Waals surface area contributed by atoms with Crippen molar-refractivity contribution in [3.63, 3.8) is 0 Å². The number of hydrogen-bond donors (Lipinski definition) is 1. The van der Waals surface area contributed by atoms with Gasteiger partial charge in [0, 0.05) is 12.6 Å². The number of halogens is 3. The van der Waals surface area contributed by atoms with E-state index in [1.165, 1.54) is 4.90 Å². The van der Waals surface area contributed by atoms with Crippen molar-refractivity contribution in [2.24, 2.45) is 5.92 Å². The number of nitrogens with zero attached hydrogens (tertiary/aromatic N) is 1. The van der Waals surface area contributed by atoms with Gasteiger partial charge >= 0.3 is 6.18 Å². The Bertz CT molecular complexity index is 212. The minimum atomic E-state index is -4.22. The molecule has 0 amide bonds. The molecule has 0 aromatic carbocycles. The second-order valence-electron chi connectivity index (χ2n) is 5.13. The van der Waals surface area contributed by atoms with Crippen LogP contribution in [-0.4, -0.2) is 40.9 Å². The smallest absolute Gasteiger partial charge is 0.389 e. The maximum absolute atomic E-state index is 12.3. The lowest BCUT2D eigenvalue weighted by Crippen LogP contribution is -2.50. The predicted octanol–water partition coefficient (Wildman–Crippen LogP) is 2.67. The molecule has 0 bridgehead atoms. The maximum Gasteiger partial charge on any atom is 0.401 e. The molecule has 1 unspecified atom stereocenters. The molecular formula is C11H22F3NO. The first-order valence-corrected chi connectivity index (χ1v) is 5.49. The Morgan fingerprint density at radius 3 is 1.75 bits per heavy atom. The summed E-state index contributed by atoms with van der Waals surface area (Å²) < 4.78 is 37.0. The van der Waals surface area contributed by atoms with Crippen LogP contribution < -0.4 is 0 Å². The lowest BCUT2D eigenvalue weighted by molar-refractivity contribution is -0.158. The van der Waals surface area contributed by atoms with Crippen molar-refractivity contribution in [3.8, 4) is 0 Å². The maximum atomic E-state index is 12.3. The number of aliphatic hydroxyl groups is 1. The largest absolute Gasteiger partial charge is 0.401 e. The van der Waals surface area contributed by atoms with E-state index in [2.05, 4.69) is 0 Å². The molecule has 0 aliphatic heterocycles. The van der Waals surface area contributed by atoms with Gasteiger partial charge in [-0.3, -0.25) is 4.90 Å². The minimum Gasteiger partial charge on any atom is -0.389 e. The van der Waals surface area contributed by atoms with Crippen LogP contribution in [0, 0.1) is 5.92 Å². The predicted molar refractivity (Wildman–Crippen MR) is 58.2 cm³/mol. The summed E-state index contributed by atoms with van der Waals surface area (Å²) in [4.78, 5) is 1.25. The van der Waals surface area contributed by atoms with E-state index in [-0.39, 0.29) is 18.5 Å². The number of alkyl halides is 3. The first-order chi connectivity index (χ1) is 6.96. The molecule has 5 heteroatoms. The van der Waals surface area contributed by atoms with Gasteiger partial charge in [-0.25, -0.2) is 0 Å². The van der Waals surface area contributed by atoms with Crippen molar-refractivity contribution in [2.45, 2.75) is 52.4 Å². The van der Waals surface area contributed by atoms with Gasteiger partial charge in [-0.05, 0) is 26.7 Å². The van der Waals surface area contributed by atoms with Crippen molar-refractivity contribution in [1.82, 2.24) is 4.90 Å². The van der Waals surface area contributed by atoms with Gasteiger partial charge in [-0.2, -0.15) is 13.2 Å². The molecule has 2 nitrogen and oxygen atoms in total. The quantitative estimate of drug-likeness (QED) is 0.800. The topological polar surface area (TPSA) is 23.5 Å². The van der Waals surface area contributed by atoms with Gasteiger partial charge in [0.1, 0.15) is 0 Å². The Morgan fingerprint density at radius 1 is 1.06 bits per heavy atom. The number of hydrogen-bond acceptors (Lipinski definition) is 2. The molecule has 16 heavy (non-hydrogen) atoms. The normalized spacial score (nSPS) is 17.2. The third kappa shape index (κ3) is 5.70. The van der Waals surface area contributed by atoms with Crippen LogP contribution in [0.2, 0.25) is 0 Å². The lowest BCUT2D eigenvalue weighted by atomic mass is 9.91. The zero-order valence-electron chi connectivity index (χ0n) is 10.6. The van der Waals surface area contributed by atoms with Crippen LogP contribution in [0.15, 0.2) is 0 Å². The SMILES string of the molecule is CC(C)N(CC(F)(F)F)CC(C)(O)C(C)C.